The van der Waals surface area contributed by atoms with Gasteiger partial charge in [0.25, 0.3) is 0 Å². The van der Waals surface area contributed by atoms with Gasteiger partial charge in [0.15, 0.2) is 6.33 Å². The molecule has 0 bridgehead atoms. The molecule has 2 rings (SSSR count). The van der Waals surface area contributed by atoms with Crippen molar-refractivity contribution < 1.29 is 0 Å². The molecule has 2 heterocycles. The van der Waals surface area contributed by atoms with Crippen molar-refractivity contribution in [1.29, 1.82) is 0 Å². The monoisotopic (exact) mass is 196 g/mol. The highest BCUT2D eigenvalue weighted by Gasteiger charge is 1.81. The first kappa shape index (κ1) is 10.2. The fourth-order valence-electron chi connectivity index (χ4n) is 0.659. The Kier molecular flexibility index (Phi) is 4.18. The lowest BCUT2D eigenvalue weighted by atomic mass is 10.8. The van der Waals surface area contributed by atoms with E-state index in [-0.39, 0.29) is 0 Å². The van der Waals surface area contributed by atoms with Crippen molar-refractivity contribution in [3.8, 4) is 0 Å². The second-order valence-corrected chi connectivity index (χ2v) is 2.29. The summed E-state index contributed by atoms with van der Waals surface area (Å²) in [7, 11) is 0. The molecule has 0 aliphatic carbocycles. The average Bonchev–Trinajstić information content (AvgIpc) is 2.92. The summed E-state index contributed by atoms with van der Waals surface area (Å²) in [5, 5.41) is 21.3. The van der Waals surface area contributed by atoms with Gasteiger partial charge in [0.2, 0.25) is 0 Å². The number of aryl methyl sites for hydroxylation is 2. The van der Waals surface area contributed by atoms with Gasteiger partial charge >= 0.3 is 0 Å². The molecule has 0 aliphatic rings. The average molecular weight is 196 g/mol. The highest BCUT2D eigenvalue weighted by atomic mass is 15.6. The summed E-state index contributed by atoms with van der Waals surface area (Å²) >= 11 is 0. The normalized spacial score (nSPS) is 9.29. The summed E-state index contributed by atoms with van der Waals surface area (Å²) in [4.78, 5) is 1.51. The van der Waals surface area contributed by atoms with Crippen LogP contribution < -0.4 is 0 Å². The van der Waals surface area contributed by atoms with Gasteiger partial charge < -0.3 is 0 Å². The van der Waals surface area contributed by atoms with Gasteiger partial charge in [-0.2, -0.15) is 4.80 Å². The van der Waals surface area contributed by atoms with E-state index in [9.17, 15) is 0 Å². The van der Waals surface area contributed by atoms with E-state index in [1.54, 1.807) is 11.0 Å². The Morgan fingerprint density at radius 1 is 1.07 bits per heavy atom. The third-order valence-electron chi connectivity index (χ3n) is 1.39. The molecule has 14 heavy (non-hydrogen) atoms. The number of hydrogen-bond acceptors (Lipinski definition) is 6. The minimum Gasteiger partial charge on any atom is -0.233 e. The van der Waals surface area contributed by atoms with Crippen LogP contribution in [0.4, 0.5) is 0 Å². The van der Waals surface area contributed by atoms with E-state index in [0.29, 0.717) is 0 Å². The van der Waals surface area contributed by atoms with Crippen LogP contribution >= 0.6 is 0 Å². The van der Waals surface area contributed by atoms with Crippen molar-refractivity contribution in [2.45, 2.75) is 26.9 Å². The SMILES string of the molecule is CCn1cnnn1.CCn1ncnn1. The van der Waals surface area contributed by atoms with Crippen LogP contribution in [0.3, 0.4) is 0 Å². The largest absolute Gasteiger partial charge is 0.233 e. The second-order valence-electron chi connectivity index (χ2n) is 2.29. The molecule has 0 amide bonds. The smallest absolute Gasteiger partial charge is 0.162 e. The zero-order chi connectivity index (χ0) is 10.2. The number of rotatable bonds is 2. The molecule has 0 aromatic carbocycles. The molecule has 0 radical (unpaired) electrons. The lowest BCUT2D eigenvalue weighted by Gasteiger charge is -1.83. The molecule has 0 atom stereocenters. The van der Waals surface area contributed by atoms with Crippen molar-refractivity contribution >= 4 is 0 Å². The van der Waals surface area contributed by atoms with E-state index in [0.717, 1.165) is 13.1 Å². The van der Waals surface area contributed by atoms with E-state index < -0.39 is 0 Å². The van der Waals surface area contributed by atoms with E-state index >= 15 is 0 Å². The lowest BCUT2D eigenvalue weighted by Crippen LogP contribution is -1.97. The van der Waals surface area contributed by atoms with E-state index in [2.05, 4.69) is 30.9 Å². The first-order valence-corrected chi connectivity index (χ1v) is 4.28. The maximum Gasteiger partial charge on any atom is 0.162 e. The lowest BCUT2D eigenvalue weighted by molar-refractivity contribution is 0.552. The molecular formula is C6H12N8. The molecule has 76 valence electrons. The standard InChI is InChI=1S/2C3H6N4/c1-2-7-3-4-5-6-7;1-2-7-5-3-4-6-7/h2*3H,2H2,1H3. The van der Waals surface area contributed by atoms with Crippen LogP contribution in [0, 0.1) is 0 Å². The molecule has 0 spiro atoms. The predicted octanol–water partition coefficient (Wildman–Crippen LogP) is -0.614. The summed E-state index contributed by atoms with van der Waals surface area (Å²) in [6, 6.07) is 0. The van der Waals surface area contributed by atoms with E-state index in [1.165, 1.54) is 11.1 Å². The third-order valence-corrected chi connectivity index (χ3v) is 1.39. The van der Waals surface area contributed by atoms with Crippen molar-refractivity contribution in [3.63, 3.8) is 0 Å². The fourth-order valence-corrected chi connectivity index (χ4v) is 0.659. The van der Waals surface area contributed by atoms with Crippen LogP contribution in [0.1, 0.15) is 13.8 Å². The van der Waals surface area contributed by atoms with Gasteiger partial charge in [-0.25, -0.2) is 4.68 Å². The van der Waals surface area contributed by atoms with Crippen LogP contribution in [0.2, 0.25) is 0 Å². The molecule has 0 N–H and O–H groups in total. The first-order chi connectivity index (χ1) is 6.86. The minimum atomic E-state index is 0.792. The summed E-state index contributed by atoms with van der Waals surface area (Å²) in [6.45, 7) is 5.57. The predicted molar refractivity (Wildman–Crippen MR) is 47.0 cm³/mol. The van der Waals surface area contributed by atoms with Gasteiger partial charge in [0, 0.05) is 6.54 Å². The summed E-state index contributed by atoms with van der Waals surface area (Å²) in [5.41, 5.74) is 0. The molecular weight excluding hydrogens is 184 g/mol. The molecule has 2 aromatic heterocycles. The zero-order valence-corrected chi connectivity index (χ0v) is 8.15. The van der Waals surface area contributed by atoms with Gasteiger partial charge in [-0.05, 0) is 29.5 Å². The Bertz CT molecular complexity index is 277. The summed E-state index contributed by atoms with van der Waals surface area (Å²) in [6.07, 6.45) is 3.00. The van der Waals surface area contributed by atoms with Gasteiger partial charge in [-0.15, -0.1) is 15.3 Å². The van der Waals surface area contributed by atoms with Crippen LogP contribution in [-0.2, 0) is 13.1 Å². The summed E-state index contributed by atoms with van der Waals surface area (Å²) in [5.74, 6) is 0. The number of nitrogens with zero attached hydrogens (tertiary/aromatic N) is 8. The molecule has 2 aromatic rings. The van der Waals surface area contributed by atoms with Crippen LogP contribution in [0.15, 0.2) is 12.7 Å². The third kappa shape index (κ3) is 3.25. The van der Waals surface area contributed by atoms with Gasteiger partial charge in [0.05, 0.1) is 6.54 Å². The Hall–Kier alpha value is -1.86. The molecule has 8 nitrogen and oxygen atoms in total. The number of aromatic nitrogens is 8. The van der Waals surface area contributed by atoms with Crippen molar-refractivity contribution in [2.75, 3.05) is 0 Å². The minimum absolute atomic E-state index is 0.792. The topological polar surface area (TPSA) is 87.2 Å². The van der Waals surface area contributed by atoms with Gasteiger partial charge in [-0.1, -0.05) is 0 Å². The molecule has 0 unspecified atom stereocenters. The quantitative estimate of drug-likeness (QED) is 0.636. The van der Waals surface area contributed by atoms with Crippen molar-refractivity contribution in [3.05, 3.63) is 12.7 Å². The summed E-state index contributed by atoms with van der Waals surface area (Å²) < 4.78 is 1.65. The van der Waals surface area contributed by atoms with E-state index in [4.69, 9.17) is 0 Å². The molecule has 8 heteroatoms. The van der Waals surface area contributed by atoms with Crippen molar-refractivity contribution in [2.24, 2.45) is 0 Å². The van der Waals surface area contributed by atoms with Gasteiger partial charge in [0.1, 0.15) is 6.33 Å². The van der Waals surface area contributed by atoms with E-state index in [1.807, 2.05) is 13.8 Å². The van der Waals surface area contributed by atoms with Gasteiger partial charge in [-0.3, -0.25) is 0 Å². The molecule has 0 fully saturated rings. The Morgan fingerprint density at radius 2 is 1.93 bits per heavy atom. The van der Waals surface area contributed by atoms with Crippen LogP contribution in [0.5, 0.6) is 0 Å². The Balaban J connectivity index is 0.000000140. The zero-order valence-electron chi connectivity index (χ0n) is 8.15. The second kappa shape index (κ2) is 5.73. The number of hydrogen-bond donors (Lipinski definition) is 0. The molecule has 0 saturated heterocycles. The Labute approximate surface area is 80.9 Å². The van der Waals surface area contributed by atoms with Crippen LogP contribution in [-0.4, -0.2) is 40.4 Å². The highest BCUT2D eigenvalue weighted by Crippen LogP contribution is 1.70. The maximum atomic E-state index is 3.73. The van der Waals surface area contributed by atoms with Crippen molar-refractivity contribution in [1.82, 2.24) is 40.4 Å². The fraction of sp³-hybridized carbons (Fsp3) is 0.667. The molecule has 0 aliphatic heterocycles. The maximum absolute atomic E-state index is 3.73. The van der Waals surface area contributed by atoms with Crippen LogP contribution in [0.25, 0.3) is 0 Å². The Morgan fingerprint density at radius 3 is 2.21 bits per heavy atom. The first-order valence-electron chi connectivity index (χ1n) is 4.28. The molecule has 0 saturated carbocycles. The number of tetrazole rings is 2. The highest BCUT2D eigenvalue weighted by molar-refractivity contribution is 4.40.